The van der Waals surface area contributed by atoms with Crippen LogP contribution >= 0.6 is 0 Å². The summed E-state index contributed by atoms with van der Waals surface area (Å²) in [5.74, 6) is 2.76. The minimum absolute atomic E-state index is 0.153. The van der Waals surface area contributed by atoms with Crippen molar-refractivity contribution >= 4 is 40.1 Å². The van der Waals surface area contributed by atoms with Crippen LogP contribution in [0.1, 0.15) is 69.6 Å². The van der Waals surface area contributed by atoms with Gasteiger partial charge in [0.15, 0.2) is 0 Å². The Hall–Kier alpha value is -2.98. The molecule has 4 rings (SSSR count). The second-order valence-electron chi connectivity index (χ2n) is 11.7. The summed E-state index contributed by atoms with van der Waals surface area (Å²) in [7, 11) is -2.96. The quantitative estimate of drug-likeness (QED) is 0.399. The molecule has 1 aromatic carbocycles. The van der Waals surface area contributed by atoms with Crippen molar-refractivity contribution < 1.29 is 13.5 Å². The molecule has 4 atom stereocenters. The number of nitrogens with one attached hydrogen (secondary N) is 1. The van der Waals surface area contributed by atoms with Crippen LogP contribution in [0.3, 0.4) is 0 Å². The summed E-state index contributed by atoms with van der Waals surface area (Å²) in [6.45, 7) is 16.1. The number of nitrogens with zero attached hydrogens (tertiary/aromatic N) is 5. The van der Waals surface area contributed by atoms with Crippen molar-refractivity contribution in [3.05, 3.63) is 46.9 Å². The maximum atomic E-state index is 11.7. The van der Waals surface area contributed by atoms with Crippen molar-refractivity contribution in [2.45, 2.75) is 78.0 Å². The lowest BCUT2D eigenvalue weighted by molar-refractivity contribution is 0.131. The Balaban J connectivity index is 1.58. The predicted molar refractivity (Wildman–Crippen MR) is 165 cm³/mol. The third-order valence-electron chi connectivity index (χ3n) is 8.37. The number of aliphatic hydroxyl groups is 1. The summed E-state index contributed by atoms with van der Waals surface area (Å²) in [5.41, 5.74) is 4.64. The van der Waals surface area contributed by atoms with E-state index in [4.69, 9.17) is 4.98 Å². The zero-order chi connectivity index (χ0) is 29.2. The highest BCUT2D eigenvalue weighted by Gasteiger charge is 2.36. The van der Waals surface area contributed by atoms with E-state index in [1.54, 1.807) is 6.20 Å². The molecule has 40 heavy (non-hydrogen) atoms. The van der Waals surface area contributed by atoms with Crippen LogP contribution in [0.2, 0.25) is 0 Å². The smallest absolute Gasteiger partial charge is 0.227 e. The molecule has 0 amide bonds. The average Bonchev–Trinajstić information content (AvgIpc) is 2.88. The Morgan fingerprint density at radius 1 is 1.27 bits per heavy atom. The Bertz CT molecular complexity index is 1360. The molecule has 3 heterocycles. The molecule has 0 saturated carbocycles. The second kappa shape index (κ2) is 12.3. The summed E-state index contributed by atoms with van der Waals surface area (Å²) in [4.78, 5) is 18.0. The standard InChI is InChI=1S/C30H44N6O3S/c1-19(2)25-8-9-27(36-18-23(22(36)5)12-15-40(7,38)39)21(4)26(25)17-29(31-6)33-28-10-13-32-30(34-28)35-14-11-24(37)16-20(35)3/h8-10,13,17,19-20,22-24,37H,6,11-12,14-16,18H2,1-5,7H3,(H,32,33,34)/b29-17+/t20-,22-,23+,24-/m1/s1. The van der Waals surface area contributed by atoms with E-state index in [1.807, 2.05) is 12.1 Å². The summed E-state index contributed by atoms with van der Waals surface area (Å²) in [6, 6.07) is 6.62. The van der Waals surface area contributed by atoms with Crippen LogP contribution < -0.4 is 15.1 Å². The molecule has 2 aliphatic heterocycles. The van der Waals surface area contributed by atoms with Gasteiger partial charge in [-0.15, -0.1) is 0 Å². The zero-order valence-corrected chi connectivity index (χ0v) is 25.4. The first-order valence-corrected chi connectivity index (χ1v) is 16.2. The van der Waals surface area contributed by atoms with Crippen molar-refractivity contribution in [2.75, 3.05) is 40.2 Å². The van der Waals surface area contributed by atoms with Gasteiger partial charge in [0.1, 0.15) is 21.5 Å². The Morgan fingerprint density at radius 2 is 2.02 bits per heavy atom. The Morgan fingerprint density at radius 3 is 2.65 bits per heavy atom. The van der Waals surface area contributed by atoms with Crippen molar-refractivity contribution in [2.24, 2.45) is 10.9 Å². The van der Waals surface area contributed by atoms with Crippen molar-refractivity contribution in [1.82, 2.24) is 9.97 Å². The first-order chi connectivity index (χ1) is 18.9. The highest BCUT2D eigenvalue weighted by atomic mass is 32.2. The Labute approximate surface area is 239 Å². The van der Waals surface area contributed by atoms with Gasteiger partial charge in [0.25, 0.3) is 0 Å². The first kappa shape index (κ1) is 30.0. The highest BCUT2D eigenvalue weighted by molar-refractivity contribution is 7.90. The molecule has 1 aromatic heterocycles. The lowest BCUT2D eigenvalue weighted by atomic mass is 9.85. The van der Waals surface area contributed by atoms with Crippen LogP contribution in [0.15, 0.2) is 35.2 Å². The normalized spacial score (nSPS) is 23.8. The number of aliphatic imine (C=N–C) groups is 1. The first-order valence-electron chi connectivity index (χ1n) is 14.2. The van der Waals surface area contributed by atoms with Gasteiger partial charge < -0.3 is 20.2 Å². The molecule has 0 bridgehead atoms. The number of benzene rings is 1. The molecule has 0 aliphatic carbocycles. The highest BCUT2D eigenvalue weighted by Crippen LogP contribution is 2.39. The molecule has 2 aliphatic rings. The van der Waals surface area contributed by atoms with Crippen LogP contribution in [0, 0.1) is 12.8 Å². The lowest BCUT2D eigenvalue weighted by Crippen LogP contribution is -2.55. The van der Waals surface area contributed by atoms with E-state index < -0.39 is 9.84 Å². The monoisotopic (exact) mass is 568 g/mol. The zero-order valence-electron chi connectivity index (χ0n) is 24.6. The number of piperidine rings is 1. The minimum Gasteiger partial charge on any atom is -0.393 e. The van der Waals surface area contributed by atoms with Crippen LogP contribution in [-0.4, -0.2) is 73.5 Å². The van der Waals surface area contributed by atoms with E-state index >= 15 is 0 Å². The predicted octanol–water partition coefficient (Wildman–Crippen LogP) is 4.63. The summed E-state index contributed by atoms with van der Waals surface area (Å²) >= 11 is 0. The second-order valence-corrected chi connectivity index (χ2v) is 14.0. The van der Waals surface area contributed by atoms with Crippen LogP contribution in [-0.2, 0) is 9.84 Å². The van der Waals surface area contributed by atoms with Crippen molar-refractivity contribution in [3.8, 4) is 0 Å². The molecule has 0 radical (unpaired) electrons. The maximum absolute atomic E-state index is 11.7. The van der Waals surface area contributed by atoms with Gasteiger partial charge in [-0.2, -0.15) is 4.98 Å². The van der Waals surface area contributed by atoms with E-state index in [0.29, 0.717) is 55.2 Å². The number of anilines is 3. The van der Waals surface area contributed by atoms with Crippen LogP contribution in [0.25, 0.3) is 6.08 Å². The van der Waals surface area contributed by atoms with Gasteiger partial charge >= 0.3 is 0 Å². The van der Waals surface area contributed by atoms with E-state index in [2.05, 4.69) is 78.6 Å². The molecule has 0 spiro atoms. The molecular weight excluding hydrogens is 524 g/mol. The fourth-order valence-corrected chi connectivity index (χ4v) is 6.57. The Kier molecular flexibility index (Phi) is 9.19. The topological polar surface area (TPSA) is 111 Å². The van der Waals surface area contributed by atoms with Gasteiger partial charge in [0.2, 0.25) is 5.95 Å². The molecule has 2 fully saturated rings. The molecule has 2 saturated heterocycles. The fourth-order valence-electron chi connectivity index (χ4n) is 5.84. The SMILES string of the molecule is C=N/C(=C\c1c(C(C)C)ccc(N2C[C@H](CCS(C)(=O)=O)[C@H]2C)c1C)Nc1ccnc(N2CC[C@@H](O)C[C@H]2C)n1. The van der Waals surface area contributed by atoms with E-state index in [9.17, 15) is 13.5 Å². The number of aromatic nitrogens is 2. The van der Waals surface area contributed by atoms with E-state index in [0.717, 1.165) is 23.4 Å². The number of rotatable bonds is 10. The largest absolute Gasteiger partial charge is 0.393 e. The number of hydrogen-bond donors (Lipinski definition) is 2. The third kappa shape index (κ3) is 6.83. The number of sulfone groups is 1. The molecule has 2 N–H and O–H groups in total. The summed E-state index contributed by atoms with van der Waals surface area (Å²) in [5, 5.41) is 13.3. The minimum atomic E-state index is -2.96. The molecule has 9 nitrogen and oxygen atoms in total. The van der Waals surface area contributed by atoms with Gasteiger partial charge in [-0.3, -0.25) is 0 Å². The third-order valence-corrected chi connectivity index (χ3v) is 9.35. The fraction of sp³-hybridized carbons (Fsp3) is 0.567. The van der Waals surface area contributed by atoms with Crippen molar-refractivity contribution in [3.63, 3.8) is 0 Å². The number of hydrogen-bond acceptors (Lipinski definition) is 9. The molecule has 10 heteroatoms. The van der Waals surface area contributed by atoms with Crippen molar-refractivity contribution in [1.29, 1.82) is 0 Å². The van der Waals surface area contributed by atoms with Gasteiger partial charge in [-0.25, -0.2) is 18.4 Å². The lowest BCUT2D eigenvalue weighted by Gasteiger charge is -2.49. The molecular formula is C30H44N6O3S. The average molecular weight is 569 g/mol. The van der Waals surface area contributed by atoms with Crippen LogP contribution in [0.4, 0.5) is 17.5 Å². The summed E-state index contributed by atoms with van der Waals surface area (Å²) in [6.07, 6.45) is 6.89. The summed E-state index contributed by atoms with van der Waals surface area (Å²) < 4.78 is 23.3. The van der Waals surface area contributed by atoms with Crippen LogP contribution in [0.5, 0.6) is 0 Å². The number of aliphatic hydroxyl groups excluding tert-OH is 1. The van der Waals surface area contributed by atoms with Gasteiger partial charge in [-0.1, -0.05) is 19.9 Å². The molecule has 0 unspecified atom stereocenters. The van der Waals surface area contributed by atoms with E-state index in [1.165, 1.54) is 11.8 Å². The van der Waals surface area contributed by atoms with E-state index in [-0.39, 0.29) is 23.9 Å². The van der Waals surface area contributed by atoms with Gasteiger partial charge in [0, 0.05) is 43.3 Å². The molecule has 2 aromatic rings. The van der Waals surface area contributed by atoms with Gasteiger partial charge in [0.05, 0.1) is 11.9 Å². The van der Waals surface area contributed by atoms with Gasteiger partial charge in [-0.05, 0) is 93.5 Å². The maximum Gasteiger partial charge on any atom is 0.227 e. The molecule has 218 valence electrons.